The Labute approximate surface area is 141 Å². The van der Waals surface area contributed by atoms with E-state index in [0.717, 1.165) is 17.1 Å². The lowest BCUT2D eigenvalue weighted by molar-refractivity contribution is -0.136. The molecule has 1 aromatic carbocycles. The van der Waals surface area contributed by atoms with E-state index in [9.17, 15) is 26.7 Å². The van der Waals surface area contributed by atoms with Crippen LogP contribution in [0.25, 0.3) is 0 Å². The lowest BCUT2D eigenvalue weighted by Gasteiger charge is -2.26. The average Bonchev–Trinajstić information content (AvgIpc) is 3.04. The van der Waals surface area contributed by atoms with Crippen molar-refractivity contribution >= 4 is 17.5 Å². The van der Waals surface area contributed by atoms with Gasteiger partial charge >= 0.3 is 0 Å². The third-order valence-corrected chi connectivity index (χ3v) is 4.20. The molecule has 25 heavy (non-hydrogen) atoms. The zero-order valence-corrected chi connectivity index (χ0v) is 12.8. The van der Waals surface area contributed by atoms with Crippen LogP contribution in [0.15, 0.2) is 24.7 Å². The molecular weight excluding hydrogens is 376 g/mol. The molecule has 11 heteroatoms. The van der Waals surface area contributed by atoms with Crippen LogP contribution in [-0.2, 0) is 17.1 Å². The van der Waals surface area contributed by atoms with Gasteiger partial charge < -0.3 is 4.57 Å². The molecule has 3 atom stereocenters. The molecule has 1 fully saturated rings. The van der Waals surface area contributed by atoms with E-state index >= 15 is 4.39 Å². The molecule has 1 amide bonds. The van der Waals surface area contributed by atoms with E-state index < -0.39 is 53.7 Å². The minimum absolute atomic E-state index is 0.0364. The van der Waals surface area contributed by atoms with Gasteiger partial charge in [0.05, 0.1) is 12.5 Å². The average molecular weight is 384 g/mol. The maximum Gasteiger partial charge on any atom is 0.264 e. The highest BCUT2D eigenvalue weighted by atomic mass is 35.5. The van der Waals surface area contributed by atoms with Crippen molar-refractivity contribution in [2.24, 2.45) is 0 Å². The van der Waals surface area contributed by atoms with Crippen molar-refractivity contribution < 1.29 is 31.1 Å². The number of carbonyl (C=O) groups excluding carboxylic acids is 1. The largest absolute Gasteiger partial charge is 0.303 e. The van der Waals surface area contributed by atoms with Gasteiger partial charge in [0.2, 0.25) is 18.1 Å². The van der Waals surface area contributed by atoms with Crippen molar-refractivity contribution in [3.63, 3.8) is 0 Å². The number of amides is 1. The number of likely N-dealkylation sites (tertiary alicyclic amines) is 1. The van der Waals surface area contributed by atoms with Crippen molar-refractivity contribution in [1.29, 1.82) is 0 Å². The zero-order valence-electron chi connectivity index (χ0n) is 12.1. The third-order valence-electron chi connectivity index (χ3n) is 3.88. The quantitative estimate of drug-likeness (QED) is 0.463. The molecule has 2 aromatic rings. The predicted octanol–water partition coefficient (Wildman–Crippen LogP) is 3.25. The van der Waals surface area contributed by atoms with Gasteiger partial charge in [-0.3, -0.25) is 9.69 Å². The molecule has 0 N–H and O–H groups in total. The first-order valence-electron chi connectivity index (χ1n) is 6.76. The van der Waals surface area contributed by atoms with Crippen molar-refractivity contribution in [3.8, 4) is 0 Å². The fraction of sp³-hybridized carbons (Fsp3) is 0.286. The van der Waals surface area contributed by atoms with Crippen LogP contribution in [-0.4, -0.2) is 32.8 Å². The molecule has 1 aromatic heterocycles. The summed E-state index contributed by atoms with van der Waals surface area (Å²) in [7, 11) is 0. The van der Waals surface area contributed by atoms with Crippen LogP contribution in [0, 0.1) is 17.5 Å². The van der Waals surface area contributed by atoms with E-state index in [4.69, 9.17) is 11.6 Å². The van der Waals surface area contributed by atoms with Crippen LogP contribution in [0.4, 0.5) is 26.3 Å². The van der Waals surface area contributed by atoms with Gasteiger partial charge in [0, 0.05) is 5.56 Å². The summed E-state index contributed by atoms with van der Waals surface area (Å²) in [6.45, 7) is -0.683. The monoisotopic (exact) mass is 383 g/mol. The lowest BCUT2D eigenvalue weighted by Crippen LogP contribution is -2.39. The Morgan fingerprint density at radius 2 is 1.80 bits per heavy atom. The van der Waals surface area contributed by atoms with Gasteiger partial charge in [0.1, 0.15) is 11.8 Å². The van der Waals surface area contributed by atoms with E-state index in [1.807, 2.05) is 0 Å². The summed E-state index contributed by atoms with van der Waals surface area (Å²) < 4.78 is 84.5. The first-order chi connectivity index (χ1) is 11.7. The number of alkyl halides is 3. The SMILES string of the molecule is O=C1C(F)C(F)(c2cc(F)c(F)c(F)c2)C(F)N1Cn1cncc1Cl. The fourth-order valence-electron chi connectivity index (χ4n) is 2.56. The number of nitrogens with zero attached hydrogens (tertiary/aromatic N) is 3. The third kappa shape index (κ3) is 2.55. The summed E-state index contributed by atoms with van der Waals surface area (Å²) in [6, 6.07) is 0.219. The molecule has 0 bridgehead atoms. The minimum atomic E-state index is -3.72. The summed E-state index contributed by atoms with van der Waals surface area (Å²) in [5, 5.41) is -0.0364. The minimum Gasteiger partial charge on any atom is -0.303 e. The van der Waals surface area contributed by atoms with Crippen molar-refractivity contribution in [2.45, 2.75) is 24.8 Å². The number of imidazole rings is 1. The topological polar surface area (TPSA) is 38.1 Å². The first-order valence-corrected chi connectivity index (χ1v) is 7.14. The molecule has 1 saturated heterocycles. The number of hydrogen-bond acceptors (Lipinski definition) is 2. The van der Waals surface area contributed by atoms with E-state index in [2.05, 4.69) is 4.98 Å². The van der Waals surface area contributed by atoms with E-state index in [1.54, 1.807) is 0 Å². The molecule has 4 nitrogen and oxygen atoms in total. The molecule has 3 rings (SSSR count). The summed E-state index contributed by atoms with van der Waals surface area (Å²) >= 11 is 5.71. The second-order valence-electron chi connectivity index (χ2n) is 5.36. The Kier molecular flexibility index (Phi) is 4.18. The predicted molar refractivity (Wildman–Crippen MR) is 73.0 cm³/mol. The van der Waals surface area contributed by atoms with Crippen molar-refractivity contribution in [2.75, 3.05) is 0 Å². The Hall–Kier alpha value is -2.23. The number of benzene rings is 1. The highest BCUT2D eigenvalue weighted by Crippen LogP contribution is 2.45. The van der Waals surface area contributed by atoms with Gasteiger partial charge in [0.25, 0.3) is 5.91 Å². The molecule has 1 aliphatic heterocycles. The molecule has 134 valence electrons. The second-order valence-corrected chi connectivity index (χ2v) is 5.74. The second kappa shape index (κ2) is 5.94. The molecule has 2 heterocycles. The van der Waals surface area contributed by atoms with Crippen LogP contribution >= 0.6 is 11.6 Å². The van der Waals surface area contributed by atoms with Crippen LogP contribution in [0.2, 0.25) is 5.15 Å². The highest BCUT2D eigenvalue weighted by molar-refractivity contribution is 6.29. The smallest absolute Gasteiger partial charge is 0.264 e. The Bertz CT molecular complexity index is 823. The summed E-state index contributed by atoms with van der Waals surface area (Å²) in [4.78, 5) is 15.7. The lowest BCUT2D eigenvalue weighted by atomic mass is 9.92. The normalized spacial score (nSPS) is 26.5. The Balaban J connectivity index is 2.02. The van der Waals surface area contributed by atoms with Crippen molar-refractivity contribution in [1.82, 2.24) is 14.5 Å². The van der Waals surface area contributed by atoms with E-state index in [-0.39, 0.29) is 22.2 Å². The maximum absolute atomic E-state index is 15.0. The van der Waals surface area contributed by atoms with E-state index in [0.29, 0.717) is 0 Å². The summed E-state index contributed by atoms with van der Waals surface area (Å²) in [5.41, 5.74) is -4.89. The highest BCUT2D eigenvalue weighted by Gasteiger charge is 2.63. The van der Waals surface area contributed by atoms with Gasteiger partial charge in [-0.15, -0.1) is 0 Å². The van der Waals surface area contributed by atoms with Crippen LogP contribution in [0.1, 0.15) is 5.56 Å². The van der Waals surface area contributed by atoms with Gasteiger partial charge in [-0.1, -0.05) is 11.6 Å². The van der Waals surface area contributed by atoms with Crippen molar-refractivity contribution in [3.05, 3.63) is 52.8 Å². The van der Waals surface area contributed by atoms with Gasteiger partial charge in [-0.05, 0) is 12.1 Å². The molecule has 3 unspecified atom stereocenters. The molecular formula is C14H8ClF6N3O. The maximum atomic E-state index is 15.0. The summed E-state index contributed by atoms with van der Waals surface area (Å²) in [5.74, 6) is -7.19. The van der Waals surface area contributed by atoms with Gasteiger partial charge in [-0.2, -0.15) is 0 Å². The van der Waals surface area contributed by atoms with E-state index in [1.165, 1.54) is 0 Å². The van der Waals surface area contributed by atoms with Crippen LogP contribution in [0.5, 0.6) is 0 Å². The number of rotatable bonds is 3. The zero-order chi connectivity index (χ0) is 18.5. The molecule has 0 radical (unpaired) electrons. The fourth-order valence-corrected chi connectivity index (χ4v) is 2.71. The standard InChI is InChI=1S/C14H8ClF6N3O/c15-9-3-22-4-23(9)5-24-12(25)11(19)14(21,13(24)20)6-1-7(16)10(18)8(17)2-6/h1-4,11,13H,5H2. The molecule has 1 aliphatic rings. The molecule has 0 aliphatic carbocycles. The first kappa shape index (κ1) is 17.6. The van der Waals surface area contributed by atoms with Crippen LogP contribution in [0.3, 0.4) is 0 Å². The Morgan fingerprint density at radius 1 is 1.20 bits per heavy atom. The molecule has 0 spiro atoms. The number of aromatic nitrogens is 2. The number of halogens is 7. The summed E-state index contributed by atoms with van der Waals surface area (Å²) in [6.07, 6.45) is -3.78. The van der Waals surface area contributed by atoms with Gasteiger partial charge in [0.15, 0.2) is 17.5 Å². The Morgan fingerprint density at radius 3 is 2.32 bits per heavy atom. The van der Waals surface area contributed by atoms with Crippen LogP contribution < -0.4 is 0 Å². The number of carbonyl (C=O) groups is 1. The molecule has 0 saturated carbocycles. The number of hydrogen-bond donors (Lipinski definition) is 0. The van der Waals surface area contributed by atoms with Gasteiger partial charge in [-0.25, -0.2) is 31.3 Å².